The largest absolute Gasteiger partial charge is 0.493 e. The van der Waals surface area contributed by atoms with E-state index < -0.39 is 5.54 Å². The lowest BCUT2D eigenvalue weighted by molar-refractivity contribution is 0.172. The van der Waals surface area contributed by atoms with Crippen LogP contribution in [0.4, 0.5) is 0 Å². The lowest BCUT2D eigenvalue weighted by Gasteiger charge is -2.34. The first kappa shape index (κ1) is 20.4. The molecule has 1 fully saturated rings. The van der Waals surface area contributed by atoms with Crippen LogP contribution in [-0.2, 0) is 5.54 Å². The summed E-state index contributed by atoms with van der Waals surface area (Å²) in [6.45, 7) is 1.69. The summed E-state index contributed by atoms with van der Waals surface area (Å²) in [7, 11) is 3.10. The molecular formula is C18H21Cl2N5O3. The molecule has 150 valence electrons. The van der Waals surface area contributed by atoms with Crippen molar-refractivity contribution in [2.24, 2.45) is 0 Å². The van der Waals surface area contributed by atoms with Crippen molar-refractivity contribution in [3.8, 4) is 22.9 Å². The first-order valence-corrected chi connectivity index (χ1v) is 9.02. The van der Waals surface area contributed by atoms with Crippen molar-refractivity contribution in [1.82, 2.24) is 25.2 Å². The number of benzene rings is 1. The number of nitrogens with zero attached hydrogens (tertiary/aromatic N) is 4. The standard InChI is InChI=1S/C18H20ClN5O3.ClH/c1-25-14-11-12(10-13(19)15(14)26-2)16-22-17(27-23-16)18(4-7-20-8-5-18)24-9-3-6-21-24;/h3,6,9-11,20H,4-5,7-8H2,1-2H3;1H. The van der Waals surface area contributed by atoms with E-state index in [2.05, 4.69) is 20.6 Å². The van der Waals surface area contributed by atoms with Gasteiger partial charge in [0.05, 0.1) is 19.2 Å². The molecule has 4 rings (SSSR count). The van der Waals surface area contributed by atoms with Crippen LogP contribution in [-0.4, -0.2) is 47.2 Å². The zero-order valence-electron chi connectivity index (χ0n) is 15.5. The van der Waals surface area contributed by atoms with Crippen molar-refractivity contribution in [3.63, 3.8) is 0 Å². The van der Waals surface area contributed by atoms with Gasteiger partial charge in [0.1, 0.15) is 5.54 Å². The molecule has 1 aromatic carbocycles. The van der Waals surface area contributed by atoms with Gasteiger partial charge in [-0.05, 0) is 44.1 Å². The molecule has 3 aromatic rings. The lowest BCUT2D eigenvalue weighted by Crippen LogP contribution is -2.45. The number of hydrogen-bond acceptors (Lipinski definition) is 7. The molecule has 1 saturated heterocycles. The Balaban J connectivity index is 0.00000225. The number of aromatic nitrogens is 4. The van der Waals surface area contributed by atoms with Gasteiger partial charge in [-0.3, -0.25) is 4.68 Å². The van der Waals surface area contributed by atoms with Gasteiger partial charge in [0, 0.05) is 18.0 Å². The number of rotatable bonds is 5. The van der Waals surface area contributed by atoms with E-state index in [1.807, 2.05) is 16.9 Å². The van der Waals surface area contributed by atoms with Crippen LogP contribution in [0.1, 0.15) is 18.7 Å². The zero-order chi connectivity index (χ0) is 18.9. The SMILES string of the molecule is COc1cc(-c2noc(C3(n4cccn4)CCNCC3)n2)cc(Cl)c1OC.Cl. The first-order chi connectivity index (χ1) is 13.2. The summed E-state index contributed by atoms with van der Waals surface area (Å²) in [4.78, 5) is 4.68. The molecule has 1 aliphatic rings. The van der Waals surface area contributed by atoms with E-state index in [0.717, 1.165) is 25.9 Å². The smallest absolute Gasteiger partial charge is 0.255 e. The Morgan fingerprint density at radius 2 is 2.00 bits per heavy atom. The van der Waals surface area contributed by atoms with Crippen LogP contribution in [0.5, 0.6) is 11.5 Å². The fourth-order valence-electron chi connectivity index (χ4n) is 3.48. The molecule has 3 heterocycles. The summed E-state index contributed by atoms with van der Waals surface area (Å²) in [5.74, 6) is 1.96. The van der Waals surface area contributed by atoms with Crippen molar-refractivity contribution in [3.05, 3.63) is 41.5 Å². The van der Waals surface area contributed by atoms with E-state index in [4.69, 9.17) is 25.6 Å². The fourth-order valence-corrected chi connectivity index (χ4v) is 3.77. The second-order valence-electron chi connectivity index (χ2n) is 6.35. The summed E-state index contributed by atoms with van der Waals surface area (Å²) in [6.07, 6.45) is 5.31. The van der Waals surface area contributed by atoms with Gasteiger partial charge in [0.25, 0.3) is 5.89 Å². The van der Waals surface area contributed by atoms with Crippen molar-refractivity contribution < 1.29 is 14.0 Å². The molecule has 10 heteroatoms. The number of ether oxygens (including phenoxy) is 2. The Morgan fingerprint density at radius 3 is 2.64 bits per heavy atom. The summed E-state index contributed by atoms with van der Waals surface area (Å²) in [6, 6.07) is 5.41. The van der Waals surface area contributed by atoms with Gasteiger partial charge in [-0.25, -0.2) is 0 Å². The highest BCUT2D eigenvalue weighted by Gasteiger charge is 2.42. The van der Waals surface area contributed by atoms with E-state index in [0.29, 0.717) is 33.8 Å². The minimum atomic E-state index is -0.458. The molecule has 0 bridgehead atoms. The second-order valence-corrected chi connectivity index (χ2v) is 6.76. The van der Waals surface area contributed by atoms with E-state index in [-0.39, 0.29) is 12.4 Å². The van der Waals surface area contributed by atoms with E-state index in [1.54, 1.807) is 32.5 Å². The van der Waals surface area contributed by atoms with Crippen molar-refractivity contribution in [1.29, 1.82) is 0 Å². The highest BCUT2D eigenvalue weighted by Crippen LogP contribution is 2.40. The maximum atomic E-state index is 6.31. The predicted octanol–water partition coefficient (Wildman–Crippen LogP) is 3.15. The van der Waals surface area contributed by atoms with Gasteiger partial charge in [-0.2, -0.15) is 10.1 Å². The molecule has 0 radical (unpaired) electrons. The summed E-state index contributed by atoms with van der Waals surface area (Å²) in [5.41, 5.74) is 0.234. The summed E-state index contributed by atoms with van der Waals surface area (Å²) in [5, 5.41) is 12.4. The minimum Gasteiger partial charge on any atom is -0.493 e. The monoisotopic (exact) mass is 425 g/mol. The maximum Gasteiger partial charge on any atom is 0.255 e. The third kappa shape index (κ3) is 3.43. The molecule has 28 heavy (non-hydrogen) atoms. The number of halogens is 2. The fraction of sp³-hybridized carbons (Fsp3) is 0.389. The molecule has 8 nitrogen and oxygen atoms in total. The van der Waals surface area contributed by atoms with Crippen LogP contribution in [0.15, 0.2) is 35.1 Å². The molecule has 0 unspecified atom stereocenters. The van der Waals surface area contributed by atoms with Crippen molar-refractivity contribution in [2.75, 3.05) is 27.3 Å². The van der Waals surface area contributed by atoms with E-state index in [9.17, 15) is 0 Å². The molecule has 2 aromatic heterocycles. The van der Waals surface area contributed by atoms with Gasteiger partial charge in [0.15, 0.2) is 11.5 Å². The molecule has 0 atom stereocenters. The molecule has 1 N–H and O–H groups in total. The zero-order valence-corrected chi connectivity index (χ0v) is 17.1. The Hall–Kier alpha value is -2.29. The average molecular weight is 426 g/mol. The first-order valence-electron chi connectivity index (χ1n) is 8.65. The molecular weight excluding hydrogens is 405 g/mol. The Bertz CT molecular complexity index is 923. The van der Waals surface area contributed by atoms with Gasteiger partial charge < -0.3 is 19.3 Å². The third-order valence-electron chi connectivity index (χ3n) is 4.89. The van der Waals surface area contributed by atoms with E-state index >= 15 is 0 Å². The van der Waals surface area contributed by atoms with Crippen LogP contribution in [0.25, 0.3) is 11.4 Å². The normalized spacial score (nSPS) is 15.7. The molecule has 0 spiro atoms. The highest BCUT2D eigenvalue weighted by molar-refractivity contribution is 6.32. The van der Waals surface area contributed by atoms with Crippen LogP contribution in [0, 0.1) is 0 Å². The number of nitrogens with one attached hydrogen (secondary N) is 1. The topological polar surface area (TPSA) is 87.2 Å². The lowest BCUT2D eigenvalue weighted by atomic mass is 9.88. The number of hydrogen-bond donors (Lipinski definition) is 1. The summed E-state index contributed by atoms with van der Waals surface area (Å²) >= 11 is 6.31. The molecule has 1 aliphatic heterocycles. The second kappa shape index (κ2) is 8.38. The van der Waals surface area contributed by atoms with Crippen LogP contribution >= 0.6 is 24.0 Å². The van der Waals surface area contributed by atoms with Crippen molar-refractivity contribution >= 4 is 24.0 Å². The maximum absolute atomic E-state index is 6.31. The Kier molecular flexibility index (Phi) is 6.12. The molecule has 0 saturated carbocycles. The summed E-state index contributed by atoms with van der Waals surface area (Å²) < 4.78 is 18.2. The molecule has 0 aliphatic carbocycles. The number of methoxy groups -OCH3 is 2. The van der Waals surface area contributed by atoms with E-state index in [1.165, 1.54) is 0 Å². The van der Waals surface area contributed by atoms with Crippen LogP contribution in [0.2, 0.25) is 5.02 Å². The van der Waals surface area contributed by atoms with Gasteiger partial charge in [-0.1, -0.05) is 16.8 Å². The van der Waals surface area contributed by atoms with Crippen LogP contribution in [0.3, 0.4) is 0 Å². The van der Waals surface area contributed by atoms with Gasteiger partial charge in [0.2, 0.25) is 5.82 Å². The predicted molar refractivity (Wildman–Crippen MR) is 107 cm³/mol. The van der Waals surface area contributed by atoms with Gasteiger partial charge >= 0.3 is 0 Å². The minimum absolute atomic E-state index is 0. The van der Waals surface area contributed by atoms with Crippen molar-refractivity contribution in [2.45, 2.75) is 18.4 Å². The number of piperidine rings is 1. The average Bonchev–Trinajstić information content (AvgIpc) is 3.40. The van der Waals surface area contributed by atoms with Crippen LogP contribution < -0.4 is 14.8 Å². The highest BCUT2D eigenvalue weighted by atomic mass is 35.5. The Labute approximate surface area is 173 Å². The molecule has 0 amide bonds. The van der Waals surface area contributed by atoms with Gasteiger partial charge in [-0.15, -0.1) is 12.4 Å². The quantitative estimate of drug-likeness (QED) is 0.671. The Morgan fingerprint density at radius 1 is 1.21 bits per heavy atom. The third-order valence-corrected chi connectivity index (χ3v) is 5.17.